The molecule has 0 saturated heterocycles. The summed E-state index contributed by atoms with van der Waals surface area (Å²) in [6.07, 6.45) is 2.56. The molecule has 3 heterocycles. The Labute approximate surface area is 178 Å². The van der Waals surface area contributed by atoms with Crippen LogP contribution in [0.3, 0.4) is 0 Å². The number of anilines is 1. The highest BCUT2D eigenvalue weighted by Gasteiger charge is 2.29. The van der Waals surface area contributed by atoms with Crippen molar-refractivity contribution in [1.82, 2.24) is 9.97 Å². The Bertz CT molecular complexity index is 1100. The Balaban J connectivity index is 1.63. The Morgan fingerprint density at radius 3 is 2.90 bits per heavy atom. The van der Waals surface area contributed by atoms with Gasteiger partial charge in [0.15, 0.2) is 0 Å². The monoisotopic (exact) mass is 429 g/mol. The molecule has 0 N–H and O–H groups in total. The smallest absolute Gasteiger partial charge is 0.237 e. The summed E-state index contributed by atoms with van der Waals surface area (Å²) < 4.78 is 13.6. The third-order valence-corrected chi connectivity index (χ3v) is 7.46. The zero-order chi connectivity index (χ0) is 20.7. The van der Waals surface area contributed by atoms with Gasteiger partial charge in [-0.25, -0.2) is 14.4 Å². The molecule has 1 aliphatic heterocycles. The van der Waals surface area contributed by atoms with Crippen LogP contribution in [0, 0.1) is 19.7 Å². The van der Waals surface area contributed by atoms with Crippen molar-refractivity contribution < 1.29 is 9.18 Å². The summed E-state index contributed by atoms with van der Waals surface area (Å²) >= 11 is 3.17. The highest BCUT2D eigenvalue weighted by molar-refractivity contribution is 8.00. The van der Waals surface area contributed by atoms with E-state index < -0.39 is 0 Å². The maximum atomic E-state index is 13.6. The van der Waals surface area contributed by atoms with Crippen molar-refractivity contribution in [3.8, 4) is 0 Å². The number of benzene rings is 1. The molecular weight excluding hydrogens is 405 g/mol. The lowest BCUT2D eigenvalue weighted by Crippen LogP contribution is -2.43. The van der Waals surface area contributed by atoms with E-state index in [-0.39, 0.29) is 17.8 Å². The molecule has 152 valence electrons. The molecule has 1 aliphatic rings. The predicted octanol–water partition coefficient (Wildman–Crippen LogP) is 5.47. The van der Waals surface area contributed by atoms with Gasteiger partial charge >= 0.3 is 0 Å². The van der Waals surface area contributed by atoms with Gasteiger partial charge in [-0.15, -0.1) is 11.3 Å². The molecule has 2 aromatic heterocycles. The lowest BCUT2D eigenvalue weighted by Gasteiger charge is -2.35. The van der Waals surface area contributed by atoms with Gasteiger partial charge in [-0.3, -0.25) is 4.79 Å². The van der Waals surface area contributed by atoms with Crippen molar-refractivity contribution in [2.75, 3.05) is 10.7 Å². The highest BCUT2D eigenvalue weighted by Crippen LogP contribution is 2.37. The molecule has 1 aromatic carbocycles. The maximum Gasteiger partial charge on any atom is 0.237 e. The van der Waals surface area contributed by atoms with Gasteiger partial charge in [0.1, 0.15) is 21.5 Å². The number of hydrogen-bond acceptors (Lipinski definition) is 5. The van der Waals surface area contributed by atoms with Gasteiger partial charge < -0.3 is 4.90 Å². The number of carbonyl (C=O) groups is 1. The van der Waals surface area contributed by atoms with Gasteiger partial charge in [-0.2, -0.15) is 0 Å². The standard InChI is InChI=1S/C22H24FN3OS2/c1-5-17-13(3)29-22-20(17)21(24-14(4)25-22)28-11-19(27)26-12(2)6-7-15-10-16(23)8-9-18(15)26/h8-10,12H,5-7,11H2,1-4H3/t12-/m1/s1. The fraction of sp³-hybridized carbons (Fsp3) is 0.409. The van der Waals surface area contributed by atoms with E-state index in [0.29, 0.717) is 5.75 Å². The van der Waals surface area contributed by atoms with E-state index in [9.17, 15) is 9.18 Å². The van der Waals surface area contributed by atoms with Crippen molar-refractivity contribution in [3.05, 3.63) is 45.8 Å². The molecule has 7 heteroatoms. The van der Waals surface area contributed by atoms with Crippen molar-refractivity contribution >= 4 is 44.9 Å². The Morgan fingerprint density at radius 1 is 1.34 bits per heavy atom. The number of rotatable bonds is 4. The summed E-state index contributed by atoms with van der Waals surface area (Å²) in [7, 11) is 0. The first-order chi connectivity index (χ1) is 13.9. The minimum Gasteiger partial charge on any atom is -0.309 e. The highest BCUT2D eigenvalue weighted by atomic mass is 32.2. The summed E-state index contributed by atoms with van der Waals surface area (Å²) in [5, 5.41) is 1.97. The van der Waals surface area contributed by atoms with Gasteiger partial charge in [-0.05, 0) is 69.4 Å². The molecule has 0 saturated carbocycles. The normalized spacial score (nSPS) is 16.3. The number of carbonyl (C=O) groups excluding carboxylic acids is 1. The molecule has 0 aliphatic carbocycles. The van der Waals surface area contributed by atoms with Crippen LogP contribution in [-0.2, 0) is 17.6 Å². The molecule has 0 radical (unpaired) electrons. The second-order valence-electron chi connectivity index (χ2n) is 7.46. The summed E-state index contributed by atoms with van der Waals surface area (Å²) in [5.41, 5.74) is 3.01. The second-order valence-corrected chi connectivity index (χ2v) is 9.63. The number of aryl methyl sites for hydroxylation is 4. The number of nitrogens with zero attached hydrogens (tertiary/aromatic N) is 3. The van der Waals surface area contributed by atoms with Gasteiger partial charge in [0.05, 0.1) is 5.75 Å². The molecule has 0 spiro atoms. The molecule has 29 heavy (non-hydrogen) atoms. The number of hydrogen-bond donors (Lipinski definition) is 0. The van der Waals surface area contributed by atoms with Crippen molar-refractivity contribution in [3.63, 3.8) is 0 Å². The zero-order valence-corrected chi connectivity index (χ0v) is 18.7. The Hall–Kier alpha value is -1.99. The van der Waals surface area contributed by atoms with Crippen molar-refractivity contribution in [2.24, 2.45) is 0 Å². The number of fused-ring (bicyclic) bond motifs is 2. The van der Waals surface area contributed by atoms with Gasteiger partial charge in [-0.1, -0.05) is 18.7 Å². The average molecular weight is 430 g/mol. The average Bonchev–Trinajstić information content (AvgIpc) is 3.00. The van der Waals surface area contributed by atoms with Crippen LogP contribution in [0.5, 0.6) is 0 Å². The second kappa shape index (κ2) is 8.03. The third kappa shape index (κ3) is 3.78. The van der Waals surface area contributed by atoms with Crippen LogP contribution in [0.2, 0.25) is 0 Å². The molecule has 1 amide bonds. The van der Waals surface area contributed by atoms with E-state index >= 15 is 0 Å². The fourth-order valence-corrected chi connectivity index (χ4v) is 6.25. The van der Waals surface area contributed by atoms with Crippen LogP contribution < -0.4 is 4.90 Å². The molecule has 0 bridgehead atoms. The van der Waals surface area contributed by atoms with Gasteiger partial charge in [0.25, 0.3) is 0 Å². The van der Waals surface area contributed by atoms with Crippen LogP contribution in [-0.4, -0.2) is 27.7 Å². The van der Waals surface area contributed by atoms with Gasteiger partial charge in [0.2, 0.25) is 5.91 Å². The summed E-state index contributed by atoms with van der Waals surface area (Å²) in [6, 6.07) is 4.81. The van der Waals surface area contributed by atoms with Crippen LogP contribution in [0.25, 0.3) is 10.2 Å². The SMILES string of the molecule is CCc1c(C)sc2nc(C)nc(SCC(=O)N3c4ccc(F)cc4CC[C@H]3C)c12. The quantitative estimate of drug-likeness (QED) is 0.408. The number of thiophene rings is 1. The number of halogens is 1. The Morgan fingerprint density at radius 2 is 2.14 bits per heavy atom. The fourth-order valence-electron chi connectivity index (χ4n) is 4.07. The van der Waals surface area contributed by atoms with E-state index in [1.165, 1.54) is 28.3 Å². The molecule has 4 nitrogen and oxygen atoms in total. The molecule has 4 rings (SSSR count). The van der Waals surface area contributed by atoms with Crippen LogP contribution in [0.1, 0.15) is 42.1 Å². The molecule has 0 fully saturated rings. The van der Waals surface area contributed by atoms with E-state index in [1.54, 1.807) is 23.5 Å². The van der Waals surface area contributed by atoms with E-state index in [1.807, 2.05) is 11.8 Å². The van der Waals surface area contributed by atoms with Gasteiger partial charge in [0, 0.05) is 22.0 Å². The van der Waals surface area contributed by atoms with Crippen molar-refractivity contribution in [1.29, 1.82) is 0 Å². The molecule has 3 aromatic rings. The topological polar surface area (TPSA) is 46.1 Å². The van der Waals surface area contributed by atoms with E-state index in [2.05, 4.69) is 30.7 Å². The third-order valence-electron chi connectivity index (χ3n) is 5.46. The van der Waals surface area contributed by atoms with Crippen LogP contribution in [0.4, 0.5) is 10.1 Å². The number of amides is 1. The lowest BCUT2D eigenvalue weighted by molar-refractivity contribution is -0.116. The lowest BCUT2D eigenvalue weighted by atomic mass is 9.96. The zero-order valence-electron chi connectivity index (χ0n) is 17.1. The largest absolute Gasteiger partial charge is 0.309 e. The first-order valence-corrected chi connectivity index (χ1v) is 11.7. The molecular formula is C22H24FN3OS2. The summed E-state index contributed by atoms with van der Waals surface area (Å²) in [6.45, 7) is 8.20. The minimum absolute atomic E-state index is 0.0319. The summed E-state index contributed by atoms with van der Waals surface area (Å²) in [4.78, 5) is 26.5. The molecule has 1 atom stereocenters. The predicted molar refractivity (Wildman–Crippen MR) is 119 cm³/mol. The molecule has 0 unspecified atom stereocenters. The van der Waals surface area contributed by atoms with Crippen LogP contribution in [0.15, 0.2) is 23.2 Å². The Kier molecular flexibility index (Phi) is 5.62. The number of thioether (sulfide) groups is 1. The maximum absolute atomic E-state index is 13.6. The number of aromatic nitrogens is 2. The van der Waals surface area contributed by atoms with Crippen LogP contribution >= 0.6 is 23.1 Å². The first kappa shape index (κ1) is 20.3. The summed E-state index contributed by atoms with van der Waals surface area (Å²) in [5.74, 6) is 0.803. The first-order valence-electron chi connectivity index (χ1n) is 9.89. The minimum atomic E-state index is -0.251. The van der Waals surface area contributed by atoms with Crippen molar-refractivity contribution in [2.45, 2.75) is 58.0 Å². The van der Waals surface area contributed by atoms with E-state index in [4.69, 9.17) is 0 Å². The van der Waals surface area contributed by atoms with E-state index in [0.717, 1.165) is 51.6 Å².